The number of Topliss-reactive ketones (excluding diaryl/α,β-unsaturated/α-hetero) is 1. The van der Waals surface area contributed by atoms with Crippen LogP contribution >= 0.6 is 0 Å². The standard InChI is InChI=1S/C35H38N2O7/c1-5-21(2)44-29-13-9-6-10-24(29)35-34-26(18-23(19-28(34)38)22-14-15-30(42-3)31(20-22)43-4)36-25-11-7-8-12-27(25)37(35)32(39)16-17-33(40)41/h6-15,20-21,23,35-36H,5,16-19H2,1-4H3,(H,40,41)/t21-,23-,35+/m1/s1. The highest BCUT2D eigenvalue weighted by Crippen LogP contribution is 2.49. The van der Waals surface area contributed by atoms with Crippen LogP contribution in [0.4, 0.5) is 11.4 Å². The number of benzene rings is 3. The highest BCUT2D eigenvalue weighted by atomic mass is 16.5. The topological polar surface area (TPSA) is 114 Å². The Morgan fingerprint density at radius 1 is 0.955 bits per heavy atom. The fraction of sp³-hybridized carbons (Fsp3) is 0.343. The minimum atomic E-state index is -1.07. The molecule has 2 aliphatic rings. The Morgan fingerprint density at radius 3 is 2.41 bits per heavy atom. The number of aliphatic carboxylic acids is 1. The summed E-state index contributed by atoms with van der Waals surface area (Å²) in [7, 11) is 3.16. The molecule has 1 aliphatic heterocycles. The molecule has 0 bridgehead atoms. The van der Waals surface area contributed by atoms with Crippen LogP contribution < -0.4 is 24.4 Å². The first kappa shape index (κ1) is 30.7. The van der Waals surface area contributed by atoms with Crippen LogP contribution in [0.25, 0.3) is 0 Å². The lowest BCUT2D eigenvalue weighted by Crippen LogP contribution is -2.39. The van der Waals surface area contributed by atoms with Gasteiger partial charge in [0, 0.05) is 29.7 Å². The fourth-order valence-electron chi connectivity index (χ4n) is 5.95. The molecule has 3 aromatic rings. The summed E-state index contributed by atoms with van der Waals surface area (Å²) in [6, 6.07) is 19.7. The first-order chi connectivity index (χ1) is 21.2. The molecule has 1 aliphatic carbocycles. The number of allylic oxidation sites excluding steroid dienone is 1. The van der Waals surface area contributed by atoms with E-state index < -0.39 is 17.9 Å². The number of fused-ring (bicyclic) bond motifs is 1. The Hall–Kier alpha value is -4.79. The maximum Gasteiger partial charge on any atom is 0.303 e. The third kappa shape index (κ3) is 6.13. The van der Waals surface area contributed by atoms with Gasteiger partial charge in [0.1, 0.15) is 5.75 Å². The molecule has 0 spiro atoms. The number of nitrogens with zero attached hydrogens (tertiary/aromatic N) is 1. The second-order valence-electron chi connectivity index (χ2n) is 11.1. The monoisotopic (exact) mass is 598 g/mol. The van der Waals surface area contributed by atoms with Crippen LogP contribution in [0.1, 0.15) is 69.0 Å². The number of carboxylic acids is 1. The molecule has 9 heteroatoms. The summed E-state index contributed by atoms with van der Waals surface area (Å²) in [5.41, 5.74) is 4.02. The Balaban J connectivity index is 1.69. The SMILES string of the molecule is CC[C@@H](C)Oc1ccccc1[C@H]1C2=C(C[C@@H](c3ccc(OC)c(OC)c3)CC2=O)Nc2ccccc2N1C(=O)CCC(=O)O. The lowest BCUT2D eigenvalue weighted by atomic mass is 9.78. The number of carbonyl (C=O) groups excluding carboxylic acids is 2. The van der Waals surface area contributed by atoms with Gasteiger partial charge in [0.05, 0.1) is 44.2 Å². The summed E-state index contributed by atoms with van der Waals surface area (Å²) in [6.07, 6.45) is 0.837. The van der Waals surface area contributed by atoms with E-state index in [-0.39, 0.29) is 37.1 Å². The lowest BCUT2D eigenvalue weighted by molar-refractivity contribution is -0.138. The maximum atomic E-state index is 14.4. The van der Waals surface area contributed by atoms with Gasteiger partial charge in [-0.25, -0.2) is 0 Å². The number of ketones is 1. The second kappa shape index (κ2) is 13.2. The van der Waals surface area contributed by atoms with Gasteiger partial charge in [0.25, 0.3) is 0 Å². The van der Waals surface area contributed by atoms with E-state index in [9.17, 15) is 19.5 Å². The molecular formula is C35H38N2O7. The average molecular weight is 599 g/mol. The average Bonchev–Trinajstić information content (AvgIpc) is 3.18. The normalized spacial score (nSPS) is 18.4. The number of amides is 1. The Morgan fingerprint density at radius 2 is 1.68 bits per heavy atom. The van der Waals surface area contributed by atoms with Gasteiger partial charge in [-0.3, -0.25) is 19.3 Å². The van der Waals surface area contributed by atoms with Crippen LogP contribution in [0, 0.1) is 0 Å². The summed E-state index contributed by atoms with van der Waals surface area (Å²) in [5, 5.41) is 12.9. The van der Waals surface area contributed by atoms with Crippen molar-refractivity contribution in [3.63, 3.8) is 0 Å². The number of nitrogens with one attached hydrogen (secondary N) is 1. The largest absolute Gasteiger partial charge is 0.493 e. The van der Waals surface area contributed by atoms with Crippen molar-refractivity contribution in [1.82, 2.24) is 0 Å². The van der Waals surface area contributed by atoms with E-state index in [2.05, 4.69) is 5.32 Å². The number of anilines is 2. The van der Waals surface area contributed by atoms with E-state index in [1.54, 1.807) is 19.1 Å². The molecule has 1 heterocycles. The van der Waals surface area contributed by atoms with Crippen molar-refractivity contribution in [3.05, 3.63) is 89.1 Å². The number of methoxy groups -OCH3 is 2. The third-order valence-corrected chi connectivity index (χ3v) is 8.31. The van der Waals surface area contributed by atoms with Crippen LogP contribution in [0.15, 0.2) is 78.0 Å². The number of rotatable bonds is 10. The van der Waals surface area contributed by atoms with Crippen LogP contribution in [0.3, 0.4) is 0 Å². The van der Waals surface area contributed by atoms with E-state index in [1.165, 1.54) is 0 Å². The van der Waals surface area contributed by atoms with E-state index in [4.69, 9.17) is 14.2 Å². The van der Waals surface area contributed by atoms with Gasteiger partial charge in [0.2, 0.25) is 5.91 Å². The van der Waals surface area contributed by atoms with Crippen molar-refractivity contribution in [1.29, 1.82) is 0 Å². The Kier molecular flexibility index (Phi) is 9.23. The van der Waals surface area contributed by atoms with E-state index >= 15 is 0 Å². The minimum Gasteiger partial charge on any atom is -0.493 e. The molecule has 44 heavy (non-hydrogen) atoms. The molecule has 3 atom stereocenters. The van der Waals surface area contributed by atoms with Crippen LogP contribution in [-0.4, -0.2) is 43.1 Å². The predicted molar refractivity (Wildman–Crippen MR) is 168 cm³/mol. The molecule has 1 amide bonds. The number of hydrogen-bond acceptors (Lipinski definition) is 7. The zero-order valence-electron chi connectivity index (χ0n) is 25.5. The second-order valence-corrected chi connectivity index (χ2v) is 11.1. The number of ether oxygens (including phenoxy) is 3. The van der Waals surface area contributed by atoms with E-state index in [1.807, 2.05) is 80.6 Å². The number of hydrogen-bond donors (Lipinski definition) is 2. The molecule has 5 rings (SSSR count). The first-order valence-electron chi connectivity index (χ1n) is 14.9. The highest BCUT2D eigenvalue weighted by Gasteiger charge is 2.42. The van der Waals surface area contributed by atoms with Gasteiger partial charge in [-0.1, -0.05) is 43.3 Å². The van der Waals surface area contributed by atoms with Crippen molar-refractivity contribution in [2.24, 2.45) is 0 Å². The molecule has 0 aromatic heterocycles. The van der Waals surface area contributed by atoms with Crippen LogP contribution in [0.5, 0.6) is 17.2 Å². The Labute approximate surface area is 257 Å². The number of carbonyl (C=O) groups is 3. The molecule has 0 saturated carbocycles. The Bertz CT molecular complexity index is 1600. The molecular weight excluding hydrogens is 560 g/mol. The third-order valence-electron chi connectivity index (χ3n) is 8.31. The summed E-state index contributed by atoms with van der Waals surface area (Å²) in [5.74, 6) is 0.0439. The van der Waals surface area contributed by atoms with Crippen molar-refractivity contribution in [3.8, 4) is 17.2 Å². The van der Waals surface area contributed by atoms with E-state index in [0.29, 0.717) is 51.9 Å². The summed E-state index contributed by atoms with van der Waals surface area (Å²) >= 11 is 0. The highest BCUT2D eigenvalue weighted by molar-refractivity contribution is 6.07. The van der Waals surface area contributed by atoms with Gasteiger partial charge in [-0.05, 0) is 61.6 Å². The predicted octanol–water partition coefficient (Wildman–Crippen LogP) is 6.65. The molecule has 230 valence electrons. The van der Waals surface area contributed by atoms with Gasteiger partial charge in [-0.15, -0.1) is 0 Å². The molecule has 9 nitrogen and oxygen atoms in total. The molecule has 0 unspecified atom stereocenters. The zero-order chi connectivity index (χ0) is 31.4. The van der Waals surface area contributed by atoms with Gasteiger partial charge < -0.3 is 24.6 Å². The molecule has 0 saturated heterocycles. The molecule has 3 aromatic carbocycles. The lowest BCUT2D eigenvalue weighted by Gasteiger charge is -2.36. The number of carboxylic acid groups (broad SMARTS) is 1. The molecule has 0 radical (unpaired) electrons. The first-order valence-corrected chi connectivity index (χ1v) is 14.9. The molecule has 0 fully saturated rings. The quantitative estimate of drug-likeness (QED) is 0.267. The summed E-state index contributed by atoms with van der Waals surface area (Å²) in [4.78, 5) is 41.5. The van der Waals surface area contributed by atoms with Crippen LogP contribution in [-0.2, 0) is 14.4 Å². The smallest absolute Gasteiger partial charge is 0.303 e. The summed E-state index contributed by atoms with van der Waals surface area (Å²) in [6.45, 7) is 4.00. The van der Waals surface area contributed by atoms with Crippen molar-refractivity contribution >= 4 is 29.0 Å². The van der Waals surface area contributed by atoms with E-state index in [0.717, 1.165) is 12.0 Å². The van der Waals surface area contributed by atoms with Gasteiger partial charge >= 0.3 is 5.97 Å². The molecule has 2 N–H and O–H groups in total. The maximum absolute atomic E-state index is 14.4. The van der Waals surface area contributed by atoms with Crippen molar-refractivity contribution in [2.45, 2.75) is 64.0 Å². The minimum absolute atomic E-state index is 0.103. The number of para-hydroxylation sites is 3. The zero-order valence-corrected chi connectivity index (χ0v) is 25.5. The fourth-order valence-corrected chi connectivity index (χ4v) is 5.95. The van der Waals surface area contributed by atoms with Gasteiger partial charge in [0.15, 0.2) is 17.3 Å². The summed E-state index contributed by atoms with van der Waals surface area (Å²) < 4.78 is 17.3. The van der Waals surface area contributed by atoms with Crippen LogP contribution in [0.2, 0.25) is 0 Å². The van der Waals surface area contributed by atoms with Crippen molar-refractivity contribution < 1.29 is 33.7 Å². The van der Waals surface area contributed by atoms with Crippen molar-refractivity contribution in [2.75, 3.05) is 24.4 Å². The van der Waals surface area contributed by atoms with Gasteiger partial charge in [-0.2, -0.15) is 0 Å².